The van der Waals surface area contributed by atoms with Crippen LogP contribution in [-0.2, 0) is 17.9 Å². The average molecular weight is 408 g/mol. The van der Waals surface area contributed by atoms with Crippen LogP contribution in [0.25, 0.3) is 11.0 Å². The number of imidazole rings is 1. The second kappa shape index (κ2) is 9.07. The van der Waals surface area contributed by atoms with Gasteiger partial charge < -0.3 is 14.4 Å². The molecule has 30 heavy (non-hydrogen) atoms. The molecule has 0 bridgehead atoms. The van der Waals surface area contributed by atoms with Crippen molar-refractivity contribution >= 4 is 22.8 Å². The van der Waals surface area contributed by atoms with E-state index in [1.807, 2.05) is 61.4 Å². The molecular formula is C23H29N5O2. The molecule has 0 saturated heterocycles. The SMILES string of the molecule is CC(C)N(C(=O)Cn1c(CN(C)C(=O)c2ccccn2)nc2ccccc21)C(C)C. The maximum atomic E-state index is 13.1. The van der Waals surface area contributed by atoms with E-state index < -0.39 is 0 Å². The molecule has 0 atom stereocenters. The molecule has 1 aromatic carbocycles. The van der Waals surface area contributed by atoms with Crippen molar-refractivity contribution in [1.29, 1.82) is 0 Å². The minimum Gasteiger partial charge on any atom is -0.336 e. The molecule has 0 spiro atoms. The van der Waals surface area contributed by atoms with E-state index >= 15 is 0 Å². The van der Waals surface area contributed by atoms with Gasteiger partial charge in [-0.15, -0.1) is 0 Å². The predicted octanol–water partition coefficient (Wildman–Crippen LogP) is 3.35. The van der Waals surface area contributed by atoms with Gasteiger partial charge >= 0.3 is 0 Å². The van der Waals surface area contributed by atoms with Crippen LogP contribution in [0.15, 0.2) is 48.7 Å². The second-order valence-corrected chi connectivity index (χ2v) is 7.97. The molecule has 0 radical (unpaired) electrons. The zero-order chi connectivity index (χ0) is 21.8. The third-order valence-corrected chi connectivity index (χ3v) is 5.04. The van der Waals surface area contributed by atoms with Gasteiger partial charge in [0.25, 0.3) is 5.91 Å². The first-order valence-corrected chi connectivity index (χ1v) is 10.2. The summed E-state index contributed by atoms with van der Waals surface area (Å²) in [7, 11) is 1.72. The second-order valence-electron chi connectivity index (χ2n) is 7.97. The Bertz CT molecular complexity index is 1020. The molecule has 3 aromatic rings. The molecule has 0 saturated carbocycles. The molecule has 158 valence electrons. The topological polar surface area (TPSA) is 71.3 Å². The Labute approximate surface area is 177 Å². The molecule has 7 nitrogen and oxygen atoms in total. The number of fused-ring (bicyclic) bond motifs is 1. The van der Waals surface area contributed by atoms with Crippen molar-refractivity contribution < 1.29 is 9.59 Å². The monoisotopic (exact) mass is 407 g/mol. The molecule has 3 rings (SSSR count). The Morgan fingerprint density at radius 1 is 1.00 bits per heavy atom. The van der Waals surface area contributed by atoms with Crippen molar-refractivity contribution in [3.63, 3.8) is 0 Å². The van der Waals surface area contributed by atoms with Gasteiger partial charge in [0.05, 0.1) is 17.6 Å². The maximum absolute atomic E-state index is 13.1. The third-order valence-electron chi connectivity index (χ3n) is 5.04. The summed E-state index contributed by atoms with van der Waals surface area (Å²) in [5.74, 6) is 0.512. The number of carbonyl (C=O) groups is 2. The van der Waals surface area contributed by atoms with Crippen LogP contribution in [0.3, 0.4) is 0 Å². The molecular weight excluding hydrogens is 378 g/mol. The Kier molecular flexibility index (Phi) is 6.50. The van der Waals surface area contributed by atoms with Crippen LogP contribution in [0.5, 0.6) is 0 Å². The third kappa shape index (κ3) is 4.50. The number of hydrogen-bond donors (Lipinski definition) is 0. The minimum atomic E-state index is -0.188. The van der Waals surface area contributed by atoms with Crippen LogP contribution in [0.4, 0.5) is 0 Å². The van der Waals surface area contributed by atoms with Gasteiger partial charge in [-0.3, -0.25) is 14.6 Å². The van der Waals surface area contributed by atoms with E-state index in [1.54, 1.807) is 36.3 Å². The highest BCUT2D eigenvalue weighted by molar-refractivity contribution is 5.92. The van der Waals surface area contributed by atoms with Crippen LogP contribution in [0, 0.1) is 0 Å². The fourth-order valence-corrected chi connectivity index (χ4v) is 3.78. The van der Waals surface area contributed by atoms with Crippen LogP contribution in [0.2, 0.25) is 0 Å². The number of hydrogen-bond acceptors (Lipinski definition) is 4. The summed E-state index contributed by atoms with van der Waals surface area (Å²) in [4.78, 5) is 38.2. The lowest BCUT2D eigenvalue weighted by molar-refractivity contribution is -0.135. The number of nitrogens with zero attached hydrogens (tertiary/aromatic N) is 5. The van der Waals surface area contributed by atoms with Crippen molar-refractivity contribution in [2.24, 2.45) is 0 Å². The summed E-state index contributed by atoms with van der Waals surface area (Å²) in [5.41, 5.74) is 2.07. The number of rotatable bonds is 7. The number of aromatic nitrogens is 3. The van der Waals surface area contributed by atoms with E-state index in [0.29, 0.717) is 11.5 Å². The molecule has 2 amide bonds. The summed E-state index contributed by atoms with van der Waals surface area (Å²) in [6.07, 6.45) is 1.60. The molecule has 7 heteroatoms. The highest BCUT2D eigenvalue weighted by Gasteiger charge is 2.23. The highest BCUT2D eigenvalue weighted by atomic mass is 16.2. The number of pyridine rings is 1. The first-order valence-electron chi connectivity index (χ1n) is 10.2. The van der Waals surface area contributed by atoms with Gasteiger partial charge in [-0.05, 0) is 52.0 Å². The van der Waals surface area contributed by atoms with Gasteiger partial charge in [0.1, 0.15) is 18.1 Å². The summed E-state index contributed by atoms with van der Waals surface area (Å²) in [5, 5.41) is 0. The smallest absolute Gasteiger partial charge is 0.272 e. The van der Waals surface area contributed by atoms with Crippen molar-refractivity contribution in [2.75, 3.05) is 7.05 Å². The highest BCUT2D eigenvalue weighted by Crippen LogP contribution is 2.19. The quantitative estimate of drug-likeness (QED) is 0.602. The Hall–Kier alpha value is -3.22. The number of carbonyl (C=O) groups excluding carboxylic acids is 2. The van der Waals surface area contributed by atoms with E-state index in [4.69, 9.17) is 4.98 Å². The Morgan fingerprint density at radius 3 is 2.30 bits per heavy atom. The largest absolute Gasteiger partial charge is 0.336 e. The van der Waals surface area contributed by atoms with Crippen molar-refractivity contribution in [1.82, 2.24) is 24.3 Å². The van der Waals surface area contributed by atoms with Crippen molar-refractivity contribution in [3.05, 3.63) is 60.2 Å². The normalized spacial score (nSPS) is 11.3. The predicted molar refractivity (Wildman–Crippen MR) is 117 cm³/mol. The number of benzene rings is 1. The van der Waals surface area contributed by atoms with E-state index in [2.05, 4.69) is 4.98 Å². The summed E-state index contributed by atoms with van der Waals surface area (Å²) >= 11 is 0. The summed E-state index contributed by atoms with van der Waals surface area (Å²) in [6, 6.07) is 13.2. The Balaban J connectivity index is 1.92. The summed E-state index contributed by atoms with van der Waals surface area (Å²) in [6.45, 7) is 8.53. The van der Waals surface area contributed by atoms with Crippen LogP contribution >= 0.6 is 0 Å². The van der Waals surface area contributed by atoms with Gasteiger partial charge in [0, 0.05) is 25.3 Å². The fraction of sp³-hybridized carbons (Fsp3) is 0.391. The van der Waals surface area contributed by atoms with Crippen LogP contribution < -0.4 is 0 Å². The van der Waals surface area contributed by atoms with E-state index in [-0.39, 0.29) is 37.0 Å². The first kappa shape index (κ1) is 21.5. The fourth-order valence-electron chi connectivity index (χ4n) is 3.78. The molecule has 0 aliphatic heterocycles. The lowest BCUT2D eigenvalue weighted by atomic mass is 10.2. The van der Waals surface area contributed by atoms with Crippen LogP contribution in [0.1, 0.15) is 44.0 Å². The molecule has 2 heterocycles. The molecule has 0 aliphatic carbocycles. The first-order chi connectivity index (χ1) is 14.3. The molecule has 0 N–H and O–H groups in total. The van der Waals surface area contributed by atoms with E-state index in [9.17, 15) is 9.59 Å². The van der Waals surface area contributed by atoms with Gasteiger partial charge in [-0.1, -0.05) is 18.2 Å². The standard InChI is InChI=1S/C23H29N5O2/c1-16(2)28(17(3)4)22(29)15-27-20-12-7-6-10-18(20)25-21(27)14-26(5)23(30)19-11-8-9-13-24-19/h6-13,16-17H,14-15H2,1-5H3. The van der Waals surface area contributed by atoms with E-state index in [0.717, 1.165) is 11.0 Å². The number of amides is 2. The van der Waals surface area contributed by atoms with Gasteiger partial charge in [0.15, 0.2) is 0 Å². The molecule has 2 aromatic heterocycles. The zero-order valence-electron chi connectivity index (χ0n) is 18.2. The van der Waals surface area contributed by atoms with Crippen molar-refractivity contribution in [2.45, 2.75) is 52.9 Å². The minimum absolute atomic E-state index is 0.0307. The summed E-state index contributed by atoms with van der Waals surface area (Å²) < 4.78 is 1.91. The van der Waals surface area contributed by atoms with Crippen LogP contribution in [-0.4, -0.2) is 55.3 Å². The number of para-hydroxylation sites is 2. The van der Waals surface area contributed by atoms with Gasteiger partial charge in [-0.2, -0.15) is 0 Å². The van der Waals surface area contributed by atoms with E-state index in [1.165, 1.54) is 0 Å². The maximum Gasteiger partial charge on any atom is 0.272 e. The lowest BCUT2D eigenvalue weighted by Gasteiger charge is -2.31. The Morgan fingerprint density at radius 2 is 1.67 bits per heavy atom. The van der Waals surface area contributed by atoms with Gasteiger partial charge in [-0.25, -0.2) is 4.98 Å². The van der Waals surface area contributed by atoms with Gasteiger partial charge in [0.2, 0.25) is 5.91 Å². The molecule has 0 unspecified atom stereocenters. The van der Waals surface area contributed by atoms with Crippen molar-refractivity contribution in [3.8, 4) is 0 Å². The average Bonchev–Trinajstić information content (AvgIpc) is 3.04. The molecule has 0 fully saturated rings. The zero-order valence-corrected chi connectivity index (χ0v) is 18.2. The lowest BCUT2D eigenvalue weighted by Crippen LogP contribution is -2.44. The molecule has 0 aliphatic rings.